The van der Waals surface area contributed by atoms with Gasteiger partial charge in [-0.1, -0.05) is 30.4 Å². The second-order valence-corrected chi connectivity index (χ2v) is 10.9. The number of hydrogen-bond acceptors (Lipinski definition) is 7. The third-order valence-electron chi connectivity index (χ3n) is 8.18. The summed E-state index contributed by atoms with van der Waals surface area (Å²) in [6, 6.07) is 9.25. The molecule has 8 heteroatoms. The number of nitrogens with zero attached hydrogens (tertiary/aromatic N) is 1. The van der Waals surface area contributed by atoms with Crippen LogP contribution in [0, 0.1) is 0 Å². The Labute approximate surface area is 231 Å². The van der Waals surface area contributed by atoms with Crippen LogP contribution in [0.3, 0.4) is 0 Å². The van der Waals surface area contributed by atoms with Crippen LogP contribution in [-0.2, 0) is 27.3 Å². The molecule has 3 aliphatic heterocycles. The monoisotopic (exact) mass is 541 g/mol. The quantitative estimate of drug-likeness (QED) is 0.333. The minimum atomic E-state index is -0.792. The Kier molecular flexibility index (Phi) is 6.78. The number of benzene rings is 2. The van der Waals surface area contributed by atoms with Gasteiger partial charge in [0.15, 0.2) is 0 Å². The van der Waals surface area contributed by atoms with Crippen molar-refractivity contribution in [3.8, 4) is 11.5 Å². The molecule has 0 radical (unpaired) electrons. The van der Waals surface area contributed by atoms with Crippen LogP contribution in [-0.4, -0.2) is 33.5 Å². The molecule has 3 aliphatic rings. The Morgan fingerprint density at radius 1 is 1.02 bits per heavy atom. The molecule has 0 saturated heterocycles. The summed E-state index contributed by atoms with van der Waals surface area (Å²) in [6.07, 6.45) is 6.99. The fourth-order valence-corrected chi connectivity index (χ4v) is 6.23. The normalized spacial score (nSPS) is 22.2. The zero-order valence-corrected chi connectivity index (χ0v) is 22.4. The first-order valence-corrected chi connectivity index (χ1v) is 14.0. The first-order chi connectivity index (χ1) is 19.3. The molecule has 0 saturated carbocycles. The summed E-state index contributed by atoms with van der Waals surface area (Å²) in [5.74, 6) is -2.05. The van der Waals surface area contributed by atoms with Gasteiger partial charge >= 0.3 is 11.9 Å². The van der Waals surface area contributed by atoms with Crippen molar-refractivity contribution >= 4 is 34.7 Å². The Bertz CT molecular complexity index is 1650. The zero-order chi connectivity index (χ0) is 28.0. The number of phenols is 1. The Balaban J connectivity index is 1.50. The van der Waals surface area contributed by atoms with Gasteiger partial charge < -0.3 is 19.1 Å². The maximum absolute atomic E-state index is 13.7. The number of aromatic hydroxyl groups is 1. The van der Waals surface area contributed by atoms with E-state index in [1.54, 1.807) is 29.7 Å². The average Bonchev–Trinajstić information content (AvgIpc) is 3.35. The molecule has 1 N–H and O–H groups in total. The van der Waals surface area contributed by atoms with Crippen LogP contribution in [0.5, 0.6) is 11.5 Å². The van der Waals surface area contributed by atoms with Crippen molar-refractivity contribution in [3.05, 3.63) is 74.6 Å². The molecule has 40 heavy (non-hydrogen) atoms. The largest absolute Gasteiger partial charge is 0.507 e. The lowest BCUT2D eigenvalue weighted by Crippen LogP contribution is -2.29. The number of esters is 2. The molecule has 6 rings (SSSR count). The summed E-state index contributed by atoms with van der Waals surface area (Å²) >= 11 is 0. The van der Waals surface area contributed by atoms with Gasteiger partial charge in [0.25, 0.3) is 5.56 Å². The van der Waals surface area contributed by atoms with Crippen LogP contribution in [0.25, 0.3) is 17.0 Å². The van der Waals surface area contributed by atoms with E-state index in [0.29, 0.717) is 56.2 Å². The summed E-state index contributed by atoms with van der Waals surface area (Å²) in [5, 5.41) is 12.5. The third-order valence-corrected chi connectivity index (χ3v) is 8.18. The second-order valence-electron chi connectivity index (χ2n) is 10.9. The number of hydrogen-bond donors (Lipinski definition) is 1. The summed E-state index contributed by atoms with van der Waals surface area (Å²) < 4.78 is 13.0. The number of carbonyl (C=O) groups is 3. The Morgan fingerprint density at radius 3 is 2.70 bits per heavy atom. The number of ether oxygens (including phenoxy) is 2. The maximum atomic E-state index is 13.7. The molecule has 2 atom stereocenters. The minimum absolute atomic E-state index is 0.0225. The number of pyridine rings is 1. The first-order valence-electron chi connectivity index (χ1n) is 14.0. The van der Waals surface area contributed by atoms with Gasteiger partial charge in [-0.05, 0) is 67.7 Å². The van der Waals surface area contributed by atoms with Crippen LogP contribution >= 0.6 is 0 Å². The SMILES string of the molecule is C[C@@H]1CCCC(=O)CCC/C=C/c2cc3c(c(O)c2C(=O)O1)[C@@H](c1cc2cccc4c2n(c1=O)CC4)CC(=O)O3. The highest BCUT2D eigenvalue weighted by molar-refractivity contribution is 5.99. The van der Waals surface area contributed by atoms with Crippen LogP contribution in [0.2, 0.25) is 0 Å². The molecule has 4 heterocycles. The summed E-state index contributed by atoms with van der Waals surface area (Å²) in [7, 11) is 0. The number of fused-ring (bicyclic) bond motifs is 2. The highest BCUT2D eigenvalue weighted by Gasteiger charge is 2.37. The number of aryl methyl sites for hydroxylation is 2. The third kappa shape index (κ3) is 4.61. The number of carbonyl (C=O) groups excluding carboxylic acids is 3. The van der Waals surface area contributed by atoms with Crippen molar-refractivity contribution in [2.75, 3.05) is 0 Å². The van der Waals surface area contributed by atoms with E-state index in [1.807, 2.05) is 24.3 Å². The van der Waals surface area contributed by atoms with Gasteiger partial charge in [-0.25, -0.2) is 4.79 Å². The lowest BCUT2D eigenvalue weighted by Gasteiger charge is -2.27. The topological polar surface area (TPSA) is 112 Å². The van der Waals surface area contributed by atoms with E-state index in [2.05, 4.69) is 0 Å². The van der Waals surface area contributed by atoms with Gasteiger partial charge in [0.05, 0.1) is 18.0 Å². The number of rotatable bonds is 1. The molecule has 0 unspecified atom stereocenters. The molecular formula is C32H31NO7. The summed E-state index contributed by atoms with van der Waals surface area (Å²) in [5.41, 5.74) is 2.73. The number of cyclic esters (lactones) is 1. The Hall–Kier alpha value is -4.20. The molecular weight excluding hydrogens is 510 g/mol. The summed E-state index contributed by atoms with van der Waals surface area (Å²) in [6.45, 7) is 2.31. The molecule has 0 aliphatic carbocycles. The van der Waals surface area contributed by atoms with Crippen molar-refractivity contribution in [3.63, 3.8) is 0 Å². The van der Waals surface area contributed by atoms with E-state index in [0.717, 1.165) is 22.9 Å². The minimum Gasteiger partial charge on any atom is -0.507 e. The average molecular weight is 542 g/mol. The van der Waals surface area contributed by atoms with Crippen molar-refractivity contribution in [2.24, 2.45) is 0 Å². The van der Waals surface area contributed by atoms with Crippen LogP contribution in [0.15, 0.2) is 41.2 Å². The standard InChI is InChI=1S/C32H31NO7/c1-18-7-5-12-22(34)11-4-2-3-8-20-16-25-28(30(36)27(20)32(38)39-18)23(17-26(35)40-25)24-15-21-10-6-9-19-13-14-33(29(19)21)31(24)37/h3,6,8-10,15-16,18,23,36H,2,4-5,7,11-14,17H2,1H3/b8-3+/t18-,23-/m1/s1. The van der Waals surface area contributed by atoms with Gasteiger partial charge in [-0.3, -0.25) is 14.4 Å². The fourth-order valence-electron chi connectivity index (χ4n) is 6.23. The highest BCUT2D eigenvalue weighted by atomic mass is 16.5. The fraction of sp³-hybridized carbons (Fsp3) is 0.375. The number of Topliss-reactive ketones (excluding diaryl/α,β-unsaturated/α-hetero) is 1. The van der Waals surface area contributed by atoms with E-state index in [4.69, 9.17) is 9.47 Å². The number of para-hydroxylation sites is 1. The molecule has 2 aromatic carbocycles. The van der Waals surface area contributed by atoms with Crippen molar-refractivity contribution < 1.29 is 29.0 Å². The second kappa shape index (κ2) is 10.4. The van der Waals surface area contributed by atoms with Crippen molar-refractivity contribution in [1.29, 1.82) is 0 Å². The van der Waals surface area contributed by atoms with Crippen LogP contribution in [0.1, 0.15) is 90.4 Å². The van der Waals surface area contributed by atoms with Crippen molar-refractivity contribution in [2.45, 2.75) is 76.9 Å². The summed E-state index contributed by atoms with van der Waals surface area (Å²) in [4.78, 5) is 52.1. The molecule has 0 fully saturated rings. The molecule has 0 amide bonds. The van der Waals surface area contributed by atoms with Gasteiger partial charge in [-0.15, -0.1) is 0 Å². The molecule has 1 aromatic heterocycles. The number of ketones is 1. The number of allylic oxidation sites excluding steroid dienone is 1. The van der Waals surface area contributed by atoms with E-state index >= 15 is 0 Å². The molecule has 3 aromatic rings. The molecule has 8 nitrogen and oxygen atoms in total. The molecule has 0 bridgehead atoms. The van der Waals surface area contributed by atoms with Crippen molar-refractivity contribution in [1.82, 2.24) is 4.57 Å². The predicted octanol–water partition coefficient (Wildman–Crippen LogP) is 5.19. The first kappa shape index (κ1) is 26.0. The number of phenolic OH excluding ortho intramolecular Hbond substituents is 1. The smallest absolute Gasteiger partial charge is 0.342 e. The van der Waals surface area contributed by atoms with Gasteiger partial charge in [0.2, 0.25) is 0 Å². The lowest BCUT2D eigenvalue weighted by molar-refractivity contribution is -0.135. The predicted molar refractivity (Wildman–Crippen MR) is 149 cm³/mol. The molecule has 206 valence electrons. The zero-order valence-electron chi connectivity index (χ0n) is 22.4. The lowest BCUT2D eigenvalue weighted by atomic mass is 9.83. The van der Waals surface area contributed by atoms with E-state index in [-0.39, 0.29) is 40.4 Å². The van der Waals surface area contributed by atoms with E-state index in [1.165, 1.54) is 0 Å². The molecule has 0 spiro atoms. The number of aromatic nitrogens is 1. The van der Waals surface area contributed by atoms with Gasteiger partial charge in [0.1, 0.15) is 22.8 Å². The van der Waals surface area contributed by atoms with Gasteiger partial charge in [-0.2, -0.15) is 0 Å². The van der Waals surface area contributed by atoms with E-state index < -0.39 is 24.0 Å². The Morgan fingerprint density at radius 2 is 1.85 bits per heavy atom. The van der Waals surface area contributed by atoms with Crippen LogP contribution < -0.4 is 10.3 Å². The highest BCUT2D eigenvalue weighted by Crippen LogP contribution is 2.47. The van der Waals surface area contributed by atoms with E-state index in [9.17, 15) is 24.3 Å². The van der Waals surface area contributed by atoms with Crippen LogP contribution in [0.4, 0.5) is 0 Å². The maximum Gasteiger partial charge on any atom is 0.342 e. The van der Waals surface area contributed by atoms with Gasteiger partial charge in [0, 0.05) is 36.4 Å².